The number of carbonyl (C=O) groups is 1. The van der Waals surface area contributed by atoms with E-state index >= 15 is 0 Å². The van der Waals surface area contributed by atoms with Crippen LogP contribution in [-0.2, 0) is 0 Å². The highest BCUT2D eigenvalue weighted by Gasteiger charge is 2.02. The molecule has 0 saturated carbocycles. The van der Waals surface area contributed by atoms with E-state index in [4.69, 9.17) is 22.7 Å². The molecule has 0 fully saturated rings. The number of nitrogens with zero attached hydrogens (tertiary/aromatic N) is 1. The van der Waals surface area contributed by atoms with Crippen molar-refractivity contribution in [3.63, 3.8) is 0 Å². The fourth-order valence-electron chi connectivity index (χ4n) is 1.09. The Morgan fingerprint density at radius 1 is 1.39 bits per heavy atom. The molecule has 4 N–H and O–H groups in total. The number of nitrogens with one attached hydrogen (secondary N) is 2. The quantitative estimate of drug-likeness (QED) is 0.437. The van der Waals surface area contributed by atoms with E-state index in [2.05, 4.69) is 15.8 Å². The summed E-state index contributed by atoms with van der Waals surface area (Å²) in [4.78, 5) is 10.9. The molecule has 0 unspecified atom stereocenters. The summed E-state index contributed by atoms with van der Waals surface area (Å²) in [6.45, 7) is 1.66. The first kappa shape index (κ1) is 13.9. The van der Waals surface area contributed by atoms with Crippen LogP contribution >= 0.6 is 12.2 Å². The van der Waals surface area contributed by atoms with Crippen LogP contribution in [-0.4, -0.2) is 23.8 Å². The second kappa shape index (κ2) is 6.55. The third-order valence-electron chi connectivity index (χ3n) is 2.01. The standard InChI is InChI=1S/C11H14N4O2S/c1-7(14-15-11(12)16)10(18)13-8-3-5-9(17-2)6-4-8/h3-6H,1-2H3,(H,13,18)(H3,12,15,16). The Kier molecular flexibility index (Phi) is 5.06. The summed E-state index contributed by atoms with van der Waals surface area (Å²) in [5.74, 6) is 0.757. The fourth-order valence-corrected chi connectivity index (χ4v) is 1.25. The van der Waals surface area contributed by atoms with Crippen molar-refractivity contribution < 1.29 is 9.53 Å². The molecule has 1 aromatic rings. The summed E-state index contributed by atoms with van der Waals surface area (Å²) < 4.78 is 5.04. The number of methoxy groups -OCH3 is 1. The molecule has 7 heteroatoms. The fraction of sp³-hybridized carbons (Fsp3) is 0.182. The monoisotopic (exact) mass is 266 g/mol. The summed E-state index contributed by atoms with van der Waals surface area (Å²) in [7, 11) is 1.60. The minimum atomic E-state index is -0.735. The van der Waals surface area contributed by atoms with E-state index in [1.165, 1.54) is 0 Å². The van der Waals surface area contributed by atoms with Gasteiger partial charge in [0.25, 0.3) is 0 Å². The number of primary amides is 1. The minimum Gasteiger partial charge on any atom is -0.497 e. The van der Waals surface area contributed by atoms with Gasteiger partial charge in [-0.1, -0.05) is 12.2 Å². The van der Waals surface area contributed by atoms with Gasteiger partial charge < -0.3 is 15.8 Å². The van der Waals surface area contributed by atoms with Crippen LogP contribution in [0.2, 0.25) is 0 Å². The van der Waals surface area contributed by atoms with E-state index in [1.807, 2.05) is 12.1 Å². The topological polar surface area (TPSA) is 88.7 Å². The number of amides is 2. The maximum absolute atomic E-state index is 10.5. The predicted octanol–water partition coefficient (Wildman–Crippen LogP) is 1.48. The molecular weight excluding hydrogens is 252 g/mol. The number of hydrogen-bond donors (Lipinski definition) is 3. The van der Waals surface area contributed by atoms with Gasteiger partial charge >= 0.3 is 6.03 Å². The highest BCUT2D eigenvalue weighted by molar-refractivity contribution is 7.82. The van der Waals surface area contributed by atoms with Gasteiger partial charge in [0.15, 0.2) is 0 Å². The lowest BCUT2D eigenvalue weighted by atomic mass is 10.3. The van der Waals surface area contributed by atoms with Crippen molar-refractivity contribution in [1.29, 1.82) is 0 Å². The largest absolute Gasteiger partial charge is 0.497 e. The van der Waals surface area contributed by atoms with E-state index < -0.39 is 6.03 Å². The van der Waals surface area contributed by atoms with Crippen molar-refractivity contribution in [2.75, 3.05) is 12.4 Å². The first-order valence-electron chi connectivity index (χ1n) is 5.08. The zero-order valence-electron chi connectivity index (χ0n) is 10.1. The number of hydrazone groups is 1. The molecule has 18 heavy (non-hydrogen) atoms. The van der Waals surface area contributed by atoms with Crippen molar-refractivity contribution >= 4 is 34.6 Å². The van der Waals surface area contributed by atoms with Gasteiger partial charge in [-0.3, -0.25) is 0 Å². The second-order valence-electron chi connectivity index (χ2n) is 3.36. The number of thiocarbonyl (C=S) groups is 1. The molecule has 0 bridgehead atoms. The summed E-state index contributed by atoms with van der Waals surface area (Å²) >= 11 is 5.11. The van der Waals surface area contributed by atoms with Crippen molar-refractivity contribution in [1.82, 2.24) is 5.43 Å². The number of anilines is 1. The molecule has 0 aliphatic carbocycles. The molecule has 1 aromatic carbocycles. The number of urea groups is 1. The van der Waals surface area contributed by atoms with Crippen LogP contribution in [0.15, 0.2) is 29.4 Å². The highest BCUT2D eigenvalue weighted by atomic mass is 32.1. The van der Waals surface area contributed by atoms with Gasteiger partial charge in [0.1, 0.15) is 10.7 Å². The average molecular weight is 266 g/mol. The SMILES string of the molecule is COc1ccc(NC(=S)C(C)=NNC(N)=O)cc1. The van der Waals surface area contributed by atoms with E-state index in [1.54, 1.807) is 26.2 Å². The molecule has 0 aliphatic heterocycles. The molecule has 6 nitrogen and oxygen atoms in total. The van der Waals surface area contributed by atoms with E-state index in [0.717, 1.165) is 11.4 Å². The van der Waals surface area contributed by atoms with Gasteiger partial charge in [-0.2, -0.15) is 5.10 Å². The normalized spacial score (nSPS) is 10.7. The molecule has 0 heterocycles. The Balaban J connectivity index is 2.63. The number of benzene rings is 1. The number of carbonyl (C=O) groups excluding carboxylic acids is 1. The van der Waals surface area contributed by atoms with Gasteiger partial charge in [-0.15, -0.1) is 0 Å². The van der Waals surface area contributed by atoms with Crippen molar-refractivity contribution in [3.05, 3.63) is 24.3 Å². The first-order chi connectivity index (χ1) is 8.52. The second-order valence-corrected chi connectivity index (χ2v) is 3.76. The van der Waals surface area contributed by atoms with Crippen molar-refractivity contribution in [3.8, 4) is 5.75 Å². The lowest BCUT2D eigenvalue weighted by Gasteiger charge is -2.08. The molecule has 0 aliphatic rings. The third kappa shape index (κ3) is 4.38. The van der Waals surface area contributed by atoms with Crippen molar-refractivity contribution in [2.24, 2.45) is 10.8 Å². The van der Waals surface area contributed by atoms with Crippen LogP contribution in [0.5, 0.6) is 5.75 Å². The Bertz CT molecular complexity index is 470. The maximum Gasteiger partial charge on any atom is 0.332 e. The minimum absolute atomic E-state index is 0.397. The lowest BCUT2D eigenvalue weighted by Crippen LogP contribution is -2.28. The van der Waals surface area contributed by atoms with Crippen LogP contribution in [0.25, 0.3) is 0 Å². The zero-order valence-corrected chi connectivity index (χ0v) is 10.9. The molecule has 96 valence electrons. The number of nitrogens with two attached hydrogens (primary N) is 1. The average Bonchev–Trinajstić information content (AvgIpc) is 2.36. The highest BCUT2D eigenvalue weighted by Crippen LogP contribution is 2.15. The Morgan fingerprint density at radius 2 is 2.00 bits per heavy atom. The van der Waals surface area contributed by atoms with Gasteiger partial charge in [0.05, 0.1) is 12.8 Å². The molecule has 2 amide bonds. The van der Waals surface area contributed by atoms with Crippen LogP contribution < -0.4 is 21.2 Å². The van der Waals surface area contributed by atoms with E-state index in [9.17, 15) is 4.79 Å². The Morgan fingerprint density at radius 3 is 2.50 bits per heavy atom. The maximum atomic E-state index is 10.5. The molecular formula is C11H14N4O2S. The summed E-state index contributed by atoms with van der Waals surface area (Å²) in [5.41, 5.74) is 8.26. The molecule has 0 radical (unpaired) electrons. The smallest absolute Gasteiger partial charge is 0.332 e. The van der Waals surface area contributed by atoms with Crippen LogP contribution in [0.1, 0.15) is 6.92 Å². The molecule has 0 saturated heterocycles. The van der Waals surface area contributed by atoms with E-state index in [-0.39, 0.29) is 0 Å². The summed E-state index contributed by atoms with van der Waals surface area (Å²) in [6, 6.07) is 6.51. The Hall–Kier alpha value is -2.15. The van der Waals surface area contributed by atoms with Gasteiger partial charge in [-0.05, 0) is 31.2 Å². The summed E-state index contributed by atoms with van der Waals surface area (Å²) in [5, 5.41) is 6.69. The van der Waals surface area contributed by atoms with Gasteiger partial charge in [0, 0.05) is 5.69 Å². The Labute approximate surface area is 110 Å². The predicted molar refractivity (Wildman–Crippen MR) is 75.0 cm³/mol. The van der Waals surface area contributed by atoms with Gasteiger partial charge in [-0.25, -0.2) is 10.2 Å². The number of hydrogen-bond acceptors (Lipinski definition) is 4. The van der Waals surface area contributed by atoms with Crippen LogP contribution in [0.4, 0.5) is 10.5 Å². The van der Waals surface area contributed by atoms with E-state index in [0.29, 0.717) is 10.7 Å². The molecule has 0 aromatic heterocycles. The number of rotatable bonds is 4. The zero-order chi connectivity index (χ0) is 13.5. The molecule has 0 atom stereocenters. The lowest BCUT2D eigenvalue weighted by molar-refractivity contribution is 0.249. The number of ether oxygens (including phenoxy) is 1. The van der Waals surface area contributed by atoms with Crippen molar-refractivity contribution in [2.45, 2.75) is 6.92 Å². The van der Waals surface area contributed by atoms with Gasteiger partial charge in [0.2, 0.25) is 0 Å². The first-order valence-corrected chi connectivity index (χ1v) is 5.49. The third-order valence-corrected chi connectivity index (χ3v) is 2.41. The van der Waals surface area contributed by atoms with Crippen LogP contribution in [0, 0.1) is 0 Å². The molecule has 1 rings (SSSR count). The molecule has 0 spiro atoms. The summed E-state index contributed by atoms with van der Waals surface area (Å²) in [6.07, 6.45) is 0. The van der Waals surface area contributed by atoms with Crippen LogP contribution in [0.3, 0.4) is 0 Å².